The zero-order chi connectivity index (χ0) is 26.0. The van der Waals surface area contributed by atoms with Gasteiger partial charge in [-0.2, -0.15) is 0 Å². The van der Waals surface area contributed by atoms with Gasteiger partial charge in [0.05, 0.1) is 10.6 Å². The minimum Gasteiger partial charge on any atom is -0.444 e. The highest BCUT2D eigenvalue weighted by molar-refractivity contribution is 7.99. The molecule has 1 amide bonds. The van der Waals surface area contributed by atoms with Crippen molar-refractivity contribution in [3.05, 3.63) is 41.6 Å². The Bertz CT molecular complexity index is 1110. The number of halogens is 1. The summed E-state index contributed by atoms with van der Waals surface area (Å²) in [6.45, 7) is 10.9. The number of hydrogen-bond acceptors (Lipinski definition) is 6. The topological polar surface area (TPSA) is 48.9 Å². The number of piperidine rings is 1. The van der Waals surface area contributed by atoms with Crippen molar-refractivity contribution in [2.75, 3.05) is 37.6 Å². The van der Waals surface area contributed by atoms with Gasteiger partial charge in [-0.1, -0.05) is 29.8 Å². The predicted octanol–water partition coefficient (Wildman–Crippen LogP) is 7.37. The lowest BCUT2D eigenvalue weighted by Crippen LogP contribution is -2.55. The molecule has 0 radical (unpaired) electrons. The second-order valence-corrected chi connectivity index (χ2v) is 13.1. The van der Waals surface area contributed by atoms with Crippen LogP contribution in [0.2, 0.25) is 5.02 Å². The van der Waals surface area contributed by atoms with Crippen LogP contribution in [0.1, 0.15) is 65.7 Å². The number of hydrogen-bond donors (Lipinski definition) is 0. The van der Waals surface area contributed by atoms with Crippen LogP contribution in [0.15, 0.2) is 46.3 Å². The van der Waals surface area contributed by atoms with Gasteiger partial charge in [-0.05, 0) is 96.2 Å². The monoisotopic (exact) mass is 542 g/mol. The van der Waals surface area contributed by atoms with Crippen LogP contribution in [-0.4, -0.2) is 64.7 Å². The maximum Gasteiger partial charge on any atom is 0.410 e. The molecule has 1 spiro atoms. The van der Waals surface area contributed by atoms with E-state index in [-0.39, 0.29) is 11.6 Å². The minimum absolute atomic E-state index is 0.000162. The number of unbranched alkanes of at least 4 members (excludes halogenated alkanes) is 2. The summed E-state index contributed by atoms with van der Waals surface area (Å²) in [7, 11) is 0. The van der Waals surface area contributed by atoms with Crippen molar-refractivity contribution in [2.45, 2.75) is 86.6 Å². The van der Waals surface area contributed by atoms with E-state index < -0.39 is 5.60 Å². The van der Waals surface area contributed by atoms with Crippen LogP contribution in [0, 0.1) is 0 Å². The van der Waals surface area contributed by atoms with Crippen molar-refractivity contribution >= 4 is 41.0 Å². The van der Waals surface area contributed by atoms with Gasteiger partial charge < -0.3 is 19.4 Å². The maximum atomic E-state index is 12.8. The summed E-state index contributed by atoms with van der Waals surface area (Å²) in [6.07, 6.45) is 9.51. The van der Waals surface area contributed by atoms with Gasteiger partial charge in [-0.25, -0.2) is 9.78 Å². The third kappa shape index (κ3) is 6.04. The number of carbonyl (C=O) groups excluding carboxylic acids is 1. The van der Waals surface area contributed by atoms with Crippen LogP contribution in [0.5, 0.6) is 0 Å². The summed E-state index contributed by atoms with van der Waals surface area (Å²) in [6, 6.07) is 10.3. The normalized spacial score (nSPS) is 19.1. The molecule has 0 bridgehead atoms. The molecular formula is C29H39ClN4O2S. The van der Waals surface area contributed by atoms with E-state index in [0.29, 0.717) is 0 Å². The summed E-state index contributed by atoms with van der Waals surface area (Å²) < 4.78 is 5.72. The number of pyridine rings is 1. The highest BCUT2D eigenvalue weighted by Crippen LogP contribution is 2.47. The highest BCUT2D eigenvalue weighted by Gasteiger charge is 2.46. The summed E-state index contributed by atoms with van der Waals surface area (Å²) in [5, 5.41) is 0.763. The lowest BCUT2D eigenvalue weighted by molar-refractivity contribution is -0.00684. The lowest BCUT2D eigenvalue weighted by Gasteiger charge is -2.45. The molecule has 200 valence electrons. The first kappa shape index (κ1) is 26.6. The van der Waals surface area contributed by atoms with Crippen molar-refractivity contribution in [3.63, 3.8) is 0 Å². The Balaban J connectivity index is 1.10. The van der Waals surface area contributed by atoms with Gasteiger partial charge in [0.15, 0.2) is 0 Å². The van der Waals surface area contributed by atoms with E-state index in [2.05, 4.69) is 28.0 Å². The van der Waals surface area contributed by atoms with Gasteiger partial charge in [0.1, 0.15) is 11.4 Å². The zero-order valence-electron chi connectivity index (χ0n) is 22.3. The smallest absolute Gasteiger partial charge is 0.410 e. The summed E-state index contributed by atoms with van der Waals surface area (Å²) in [4.78, 5) is 26.9. The molecule has 3 aliphatic rings. The molecule has 3 aliphatic heterocycles. The van der Waals surface area contributed by atoms with Crippen molar-refractivity contribution in [2.24, 2.45) is 0 Å². The highest BCUT2D eigenvalue weighted by atomic mass is 35.5. The van der Waals surface area contributed by atoms with Crippen LogP contribution < -0.4 is 4.90 Å². The molecule has 5 rings (SSSR count). The molecule has 0 unspecified atom stereocenters. The van der Waals surface area contributed by atoms with E-state index in [1.54, 1.807) is 11.8 Å². The van der Waals surface area contributed by atoms with E-state index in [9.17, 15) is 4.79 Å². The Hall–Kier alpha value is -1.96. The molecule has 2 aromatic rings. The fraction of sp³-hybridized carbons (Fsp3) is 0.586. The second kappa shape index (κ2) is 11.0. The molecule has 2 saturated heterocycles. The van der Waals surface area contributed by atoms with Crippen molar-refractivity contribution in [1.29, 1.82) is 0 Å². The standard InChI is InChI=1S/C29H39ClN4O2S/c1-28(2,3)36-27(35)34-18-8-12-29(34)13-19-32(20-14-29)16-5-4-6-17-33-23-21-22(30)10-11-24(23)37-25-9-7-15-31-26(25)33/h7,9-11,15,21H,4-6,8,12-14,16-20H2,1-3H3. The van der Waals surface area contributed by atoms with Crippen LogP contribution in [-0.2, 0) is 4.74 Å². The Morgan fingerprint density at radius 3 is 2.62 bits per heavy atom. The van der Waals surface area contributed by atoms with Crippen LogP contribution in [0.25, 0.3) is 0 Å². The molecule has 37 heavy (non-hydrogen) atoms. The first-order valence-corrected chi connectivity index (χ1v) is 14.9. The molecular weight excluding hydrogens is 504 g/mol. The summed E-state index contributed by atoms with van der Waals surface area (Å²) >= 11 is 8.12. The third-order valence-corrected chi connectivity index (χ3v) is 9.13. The number of aromatic nitrogens is 1. The number of amides is 1. The first-order valence-electron chi connectivity index (χ1n) is 13.7. The largest absolute Gasteiger partial charge is 0.444 e. The van der Waals surface area contributed by atoms with Crippen molar-refractivity contribution in [3.8, 4) is 0 Å². The van der Waals surface area contributed by atoms with Gasteiger partial charge in [0.25, 0.3) is 0 Å². The Kier molecular flexibility index (Phi) is 7.94. The molecule has 4 heterocycles. The molecule has 0 atom stereocenters. The molecule has 2 fully saturated rings. The third-order valence-electron chi connectivity index (χ3n) is 7.79. The fourth-order valence-electron chi connectivity index (χ4n) is 5.95. The molecule has 1 aromatic carbocycles. The van der Waals surface area contributed by atoms with E-state index in [0.717, 1.165) is 81.4 Å². The van der Waals surface area contributed by atoms with E-state index >= 15 is 0 Å². The van der Waals surface area contributed by atoms with Crippen LogP contribution in [0.4, 0.5) is 16.3 Å². The van der Waals surface area contributed by atoms with E-state index in [1.165, 1.54) is 22.6 Å². The minimum atomic E-state index is -0.443. The number of likely N-dealkylation sites (tertiary alicyclic amines) is 2. The number of rotatable bonds is 6. The Labute approximate surface area is 230 Å². The first-order chi connectivity index (χ1) is 17.7. The van der Waals surface area contributed by atoms with Crippen LogP contribution >= 0.6 is 23.4 Å². The number of benzene rings is 1. The number of nitrogens with zero attached hydrogens (tertiary/aromatic N) is 4. The van der Waals surface area contributed by atoms with Crippen molar-refractivity contribution < 1.29 is 9.53 Å². The average molecular weight is 543 g/mol. The summed E-state index contributed by atoms with van der Waals surface area (Å²) in [5.74, 6) is 1.04. The predicted molar refractivity (Wildman–Crippen MR) is 151 cm³/mol. The molecule has 0 N–H and O–H groups in total. The van der Waals surface area contributed by atoms with Gasteiger partial charge in [0.2, 0.25) is 0 Å². The second-order valence-electron chi connectivity index (χ2n) is 11.6. The van der Waals surface area contributed by atoms with Crippen molar-refractivity contribution in [1.82, 2.24) is 14.8 Å². The fourth-order valence-corrected chi connectivity index (χ4v) is 7.16. The Morgan fingerprint density at radius 2 is 1.84 bits per heavy atom. The van der Waals surface area contributed by atoms with Gasteiger partial charge in [0, 0.05) is 47.8 Å². The number of anilines is 2. The number of carbonyl (C=O) groups is 1. The molecule has 6 nitrogen and oxygen atoms in total. The SMILES string of the molecule is CC(C)(C)OC(=O)N1CCCC12CCN(CCCCCN1c3cc(Cl)ccc3Sc3cccnc31)CC2. The molecule has 8 heteroatoms. The Morgan fingerprint density at radius 1 is 1.05 bits per heavy atom. The van der Waals surface area contributed by atoms with Gasteiger partial charge >= 0.3 is 6.09 Å². The van der Waals surface area contributed by atoms with E-state index in [4.69, 9.17) is 21.3 Å². The zero-order valence-corrected chi connectivity index (χ0v) is 23.9. The molecule has 0 saturated carbocycles. The van der Waals surface area contributed by atoms with E-state index in [1.807, 2.05) is 44.0 Å². The molecule has 1 aromatic heterocycles. The average Bonchev–Trinajstić information content (AvgIpc) is 3.27. The number of ether oxygens (including phenoxy) is 1. The lowest BCUT2D eigenvalue weighted by atomic mass is 9.85. The quantitative estimate of drug-likeness (QED) is 0.355. The maximum absolute atomic E-state index is 12.8. The summed E-state index contributed by atoms with van der Waals surface area (Å²) in [5.41, 5.74) is 0.720. The van der Waals surface area contributed by atoms with Crippen LogP contribution in [0.3, 0.4) is 0 Å². The van der Waals surface area contributed by atoms with Gasteiger partial charge in [-0.3, -0.25) is 0 Å². The molecule has 0 aliphatic carbocycles. The number of fused-ring (bicyclic) bond motifs is 2. The van der Waals surface area contributed by atoms with Gasteiger partial charge in [-0.15, -0.1) is 0 Å².